The van der Waals surface area contributed by atoms with Crippen LogP contribution >= 0.6 is 7.82 Å². The molecule has 9 nitrogen and oxygen atoms in total. The lowest BCUT2D eigenvalue weighted by Gasteiger charge is -2.30. The van der Waals surface area contributed by atoms with Crippen LogP contribution in [0.5, 0.6) is 0 Å². The third-order valence-corrected chi connectivity index (χ3v) is 18.7. The highest BCUT2D eigenvalue weighted by Crippen LogP contribution is 2.38. The highest BCUT2D eigenvalue weighted by Gasteiger charge is 2.27. The average Bonchev–Trinajstić information content (AvgIpc) is 3.04. The lowest BCUT2D eigenvalue weighted by atomic mass is 10.0. The Morgan fingerprint density at radius 2 is 0.678 bits per heavy atom. The van der Waals surface area contributed by atoms with Crippen molar-refractivity contribution < 1.29 is 37.3 Å². The molecule has 0 aromatic rings. The van der Waals surface area contributed by atoms with Gasteiger partial charge in [0, 0.05) is 12.8 Å². The van der Waals surface area contributed by atoms with E-state index in [-0.39, 0.29) is 31.5 Å². The van der Waals surface area contributed by atoms with Crippen molar-refractivity contribution >= 4 is 19.7 Å². The zero-order chi connectivity index (χ0) is 65.6. The summed E-state index contributed by atoms with van der Waals surface area (Å²) in [5.74, 6) is -0.526. The summed E-state index contributed by atoms with van der Waals surface area (Å²) in [6.45, 7) is 6.87. The van der Waals surface area contributed by atoms with Gasteiger partial charge in [0.1, 0.15) is 19.3 Å². The maximum absolute atomic E-state index is 13.6. The van der Waals surface area contributed by atoms with E-state index in [1.165, 1.54) is 276 Å². The van der Waals surface area contributed by atoms with E-state index in [2.05, 4.69) is 74.7 Å². The minimum Gasteiger partial charge on any atom is -0.756 e. The van der Waals surface area contributed by atoms with Crippen molar-refractivity contribution in [1.82, 2.24) is 5.32 Å². The number of allylic oxidation sites excluding steroid dienone is 9. The van der Waals surface area contributed by atoms with E-state index < -0.39 is 20.0 Å². The second-order valence-corrected chi connectivity index (χ2v) is 29.3. The Morgan fingerprint density at radius 1 is 0.389 bits per heavy atom. The van der Waals surface area contributed by atoms with Gasteiger partial charge in [-0.25, -0.2) is 0 Å². The molecule has 0 spiro atoms. The molecule has 0 aliphatic carbocycles. The first-order valence-electron chi connectivity index (χ1n) is 39.1. The number of unbranched alkanes of at least 4 members (excludes halogenated alkanes) is 48. The second kappa shape index (κ2) is 69.5. The number of esters is 1. The molecule has 0 aromatic heterocycles. The van der Waals surface area contributed by atoms with Crippen LogP contribution < -0.4 is 10.2 Å². The van der Waals surface area contributed by atoms with Crippen LogP contribution in [0.4, 0.5) is 0 Å². The fourth-order valence-corrected chi connectivity index (χ4v) is 12.4. The van der Waals surface area contributed by atoms with E-state index in [1.807, 2.05) is 33.3 Å². The van der Waals surface area contributed by atoms with Crippen molar-refractivity contribution in [3.63, 3.8) is 0 Å². The fraction of sp³-hybridized carbons (Fsp3) is 0.850. The molecule has 0 bridgehead atoms. The van der Waals surface area contributed by atoms with E-state index in [1.54, 1.807) is 0 Å². The number of amides is 1. The van der Waals surface area contributed by atoms with Crippen LogP contribution in [0.1, 0.15) is 387 Å². The van der Waals surface area contributed by atoms with Gasteiger partial charge in [0.25, 0.3) is 7.82 Å². The molecule has 3 unspecified atom stereocenters. The predicted octanol–water partition coefficient (Wildman–Crippen LogP) is 24.7. The van der Waals surface area contributed by atoms with Crippen LogP contribution in [0.25, 0.3) is 0 Å². The summed E-state index contributed by atoms with van der Waals surface area (Å²) >= 11 is 0. The highest BCUT2D eigenvalue weighted by molar-refractivity contribution is 7.45. The van der Waals surface area contributed by atoms with Gasteiger partial charge in [-0.2, -0.15) is 0 Å². The normalized spacial score (nSPS) is 13.7. The first-order valence-corrected chi connectivity index (χ1v) is 40.6. The number of carbonyl (C=O) groups excluding carboxylic acids is 2. The Labute approximate surface area is 560 Å². The van der Waals surface area contributed by atoms with E-state index in [9.17, 15) is 19.0 Å². The van der Waals surface area contributed by atoms with Crippen molar-refractivity contribution in [2.24, 2.45) is 0 Å². The van der Waals surface area contributed by atoms with Gasteiger partial charge in [0.2, 0.25) is 5.91 Å². The largest absolute Gasteiger partial charge is 0.756 e. The standard InChI is InChI=1S/C80H151N2O7P/c1-7-10-13-16-19-22-25-28-30-32-34-36-38-40-41-43-44-46-48-50-52-54-57-60-63-66-69-72-79(83)81-77(76-88-90(85,86)87-75-74-82(4,5)6)78(71-68-65-62-59-56-27-24-21-18-15-12-9-3)89-80(84)73-70-67-64-61-58-55-53-51-49-47-45-42-39-37-35-33-31-29-26-23-20-17-14-11-8-2/h19,22,28,30,34,36,40-41,68,71,77-78H,7-18,20-21,23-27,29,31-33,35,37-39,42-67,69-70,72-76H2,1-6H3,(H-,81,83,85,86)/b22-19-,30-28-,36-34-,41-40-,71-68+. The molecule has 0 saturated heterocycles. The number of nitrogens with zero attached hydrogens (tertiary/aromatic N) is 1. The van der Waals surface area contributed by atoms with Gasteiger partial charge in [-0.3, -0.25) is 14.2 Å². The lowest BCUT2D eigenvalue weighted by Crippen LogP contribution is -2.47. The molecule has 0 aliphatic heterocycles. The minimum absolute atomic E-state index is 0.0219. The van der Waals surface area contributed by atoms with E-state index in [0.29, 0.717) is 17.4 Å². The summed E-state index contributed by atoms with van der Waals surface area (Å²) in [6, 6.07) is -0.891. The van der Waals surface area contributed by atoms with E-state index in [0.717, 1.165) is 77.0 Å². The third-order valence-electron chi connectivity index (χ3n) is 17.7. The summed E-state index contributed by atoms with van der Waals surface area (Å²) in [6.07, 6.45) is 90.8. The Balaban J connectivity index is 4.94. The Kier molecular flexibility index (Phi) is 67.8. The smallest absolute Gasteiger partial charge is 0.306 e. The van der Waals surface area contributed by atoms with Gasteiger partial charge in [-0.05, 0) is 76.7 Å². The monoisotopic (exact) mass is 1280 g/mol. The van der Waals surface area contributed by atoms with Gasteiger partial charge < -0.3 is 28.5 Å². The first-order chi connectivity index (χ1) is 43.9. The van der Waals surface area contributed by atoms with Crippen molar-refractivity contribution in [1.29, 1.82) is 0 Å². The molecule has 0 radical (unpaired) electrons. The summed E-state index contributed by atoms with van der Waals surface area (Å²) in [5, 5.41) is 3.05. The Hall–Kier alpha value is -2.29. The lowest BCUT2D eigenvalue weighted by molar-refractivity contribution is -0.870. The Morgan fingerprint density at radius 3 is 1.03 bits per heavy atom. The van der Waals surface area contributed by atoms with E-state index >= 15 is 0 Å². The second-order valence-electron chi connectivity index (χ2n) is 27.9. The predicted molar refractivity (Wildman–Crippen MR) is 390 cm³/mol. The Bertz CT molecular complexity index is 1720. The molecule has 1 N–H and O–H groups in total. The minimum atomic E-state index is -4.71. The van der Waals surface area contributed by atoms with Crippen LogP contribution in [0.2, 0.25) is 0 Å². The first kappa shape index (κ1) is 87.7. The summed E-state index contributed by atoms with van der Waals surface area (Å²) in [7, 11) is 1.20. The molecule has 0 saturated carbocycles. The molecule has 0 heterocycles. The van der Waals surface area contributed by atoms with Gasteiger partial charge in [-0.15, -0.1) is 0 Å². The van der Waals surface area contributed by atoms with E-state index in [4.69, 9.17) is 13.8 Å². The number of phosphoric acid groups is 1. The summed E-state index contributed by atoms with van der Waals surface area (Å²) in [5.41, 5.74) is 0. The third kappa shape index (κ3) is 70.0. The molecule has 90 heavy (non-hydrogen) atoms. The number of likely N-dealkylation sites (N-methyl/N-ethyl adjacent to an activating group) is 1. The van der Waals surface area contributed by atoms with Crippen molar-refractivity contribution in [3.8, 4) is 0 Å². The van der Waals surface area contributed by atoms with Crippen LogP contribution in [0, 0.1) is 0 Å². The number of nitrogens with one attached hydrogen (secondary N) is 1. The molecule has 0 rings (SSSR count). The number of hydrogen-bond acceptors (Lipinski definition) is 7. The number of ether oxygens (including phenoxy) is 1. The number of phosphoric ester groups is 1. The molecule has 1 amide bonds. The molecule has 3 atom stereocenters. The number of hydrogen-bond donors (Lipinski definition) is 1. The summed E-state index contributed by atoms with van der Waals surface area (Å²) in [4.78, 5) is 40.3. The van der Waals surface area contributed by atoms with Gasteiger partial charge >= 0.3 is 5.97 Å². The van der Waals surface area contributed by atoms with Crippen LogP contribution in [-0.4, -0.2) is 69.4 Å². The van der Waals surface area contributed by atoms with Crippen LogP contribution in [0.3, 0.4) is 0 Å². The summed E-state index contributed by atoms with van der Waals surface area (Å²) < 4.78 is 30.5. The number of carbonyl (C=O) groups is 2. The van der Waals surface area contributed by atoms with Crippen LogP contribution in [-0.2, 0) is 27.9 Å². The molecule has 0 aromatic carbocycles. The fourth-order valence-electron chi connectivity index (χ4n) is 11.7. The quantitative estimate of drug-likeness (QED) is 0.0212. The molecule has 528 valence electrons. The average molecular weight is 1280 g/mol. The van der Waals surface area contributed by atoms with Gasteiger partial charge in [0.15, 0.2) is 0 Å². The molecular formula is C80H151N2O7P. The molecule has 0 fully saturated rings. The van der Waals surface area contributed by atoms with Crippen LogP contribution in [0.15, 0.2) is 60.8 Å². The van der Waals surface area contributed by atoms with Gasteiger partial charge in [-0.1, -0.05) is 358 Å². The number of rotatable bonds is 72. The topological polar surface area (TPSA) is 114 Å². The van der Waals surface area contributed by atoms with Crippen molar-refractivity contribution in [2.75, 3.05) is 40.9 Å². The van der Waals surface area contributed by atoms with Crippen molar-refractivity contribution in [2.45, 2.75) is 399 Å². The molecular weight excluding hydrogens is 1130 g/mol. The molecule has 10 heteroatoms. The zero-order valence-corrected chi connectivity index (χ0v) is 61.5. The highest BCUT2D eigenvalue weighted by atomic mass is 31.2. The van der Waals surface area contributed by atoms with Gasteiger partial charge in [0.05, 0.1) is 33.8 Å². The number of quaternary nitrogens is 1. The zero-order valence-electron chi connectivity index (χ0n) is 60.6. The maximum Gasteiger partial charge on any atom is 0.306 e. The van der Waals surface area contributed by atoms with Crippen molar-refractivity contribution in [3.05, 3.63) is 60.8 Å². The SMILES string of the molecule is CCCCC/C=C\C/C=C\C/C=C\C/C=C\CCCCCCCCCCCCCC(=O)NC(COP(=O)([O-])OCC[N+](C)(C)C)C(/C=C/CCCCCCCCCCCC)OC(=O)CCCCCCCCCCCCCCCCCCCCCCCCCCC. The molecule has 0 aliphatic rings. The maximum atomic E-state index is 13.6.